The summed E-state index contributed by atoms with van der Waals surface area (Å²) in [5.74, 6) is -0.346. The van der Waals surface area contributed by atoms with Crippen molar-refractivity contribution in [3.8, 4) is 5.75 Å². The van der Waals surface area contributed by atoms with Crippen molar-refractivity contribution in [1.29, 1.82) is 0 Å². The third-order valence-corrected chi connectivity index (χ3v) is 5.22. The molecule has 6 heteroatoms. The Balaban J connectivity index is 1.51. The first kappa shape index (κ1) is 16.6. The number of imide groups is 1. The molecule has 1 aliphatic heterocycles. The number of hydrogen-bond donors (Lipinski definition) is 0. The van der Waals surface area contributed by atoms with Crippen LogP contribution in [0.1, 0.15) is 36.7 Å². The molecule has 0 bridgehead atoms. The van der Waals surface area contributed by atoms with Gasteiger partial charge in [0.15, 0.2) is 0 Å². The minimum absolute atomic E-state index is 0.108. The molecule has 0 radical (unpaired) electrons. The second-order valence-electron chi connectivity index (χ2n) is 7.00. The molecular weight excluding hydrogens is 334 g/mol. The number of ether oxygens (including phenoxy) is 1. The molecule has 0 N–H and O–H groups in total. The van der Waals surface area contributed by atoms with Gasteiger partial charge < -0.3 is 9.15 Å². The number of furan rings is 1. The Hall–Kier alpha value is -2.89. The zero-order valence-corrected chi connectivity index (χ0v) is 14.4. The molecule has 2 amide bonds. The molecule has 1 saturated carbocycles. The summed E-state index contributed by atoms with van der Waals surface area (Å²) < 4.78 is 10.2. The van der Waals surface area contributed by atoms with Gasteiger partial charge in [-0.2, -0.15) is 0 Å². The third-order valence-electron chi connectivity index (χ3n) is 5.22. The van der Waals surface area contributed by atoms with Gasteiger partial charge in [0, 0.05) is 0 Å². The van der Waals surface area contributed by atoms with Gasteiger partial charge in [-0.3, -0.25) is 14.5 Å². The number of amides is 2. The van der Waals surface area contributed by atoms with Crippen molar-refractivity contribution in [1.82, 2.24) is 0 Å². The highest BCUT2D eigenvalue weighted by Crippen LogP contribution is 2.42. The number of hydrogen-bond acceptors (Lipinski definition) is 5. The number of esters is 1. The highest BCUT2D eigenvalue weighted by atomic mass is 16.5. The monoisotopic (exact) mass is 353 g/mol. The summed E-state index contributed by atoms with van der Waals surface area (Å²) in [6.45, 7) is 2.12. The van der Waals surface area contributed by atoms with Crippen molar-refractivity contribution >= 4 is 23.5 Å². The summed E-state index contributed by atoms with van der Waals surface area (Å²) in [6.07, 6.45) is 3.91. The molecule has 1 aliphatic carbocycles. The van der Waals surface area contributed by atoms with Gasteiger partial charge in [-0.05, 0) is 61.6 Å². The molecule has 2 fully saturated rings. The number of nitrogens with zero attached hydrogens (tertiary/aromatic N) is 1. The second kappa shape index (κ2) is 6.44. The maximum atomic E-state index is 12.7. The lowest BCUT2D eigenvalue weighted by Gasteiger charge is -2.25. The predicted octanol–water partition coefficient (Wildman–Crippen LogP) is 3.42. The minimum Gasteiger partial charge on any atom is -0.457 e. The van der Waals surface area contributed by atoms with Gasteiger partial charge in [0.05, 0.1) is 23.8 Å². The third kappa shape index (κ3) is 2.81. The zero-order valence-electron chi connectivity index (χ0n) is 14.4. The van der Waals surface area contributed by atoms with Crippen LogP contribution >= 0.6 is 0 Å². The van der Waals surface area contributed by atoms with E-state index >= 15 is 0 Å². The Morgan fingerprint density at radius 3 is 2.50 bits per heavy atom. The lowest BCUT2D eigenvalue weighted by molar-refractivity contribution is -0.122. The van der Waals surface area contributed by atoms with Crippen LogP contribution in [0.15, 0.2) is 47.1 Å². The Morgan fingerprint density at radius 1 is 1.08 bits per heavy atom. The van der Waals surface area contributed by atoms with Gasteiger partial charge in [0.25, 0.3) is 0 Å². The lowest BCUT2D eigenvalue weighted by Crippen LogP contribution is -2.30. The SMILES string of the molecule is C[C@H]1CC[C@H]2C(=O)N(c3ccc(OC(=O)c4ccco4)cc3)C(=O)[C@@H]2C1. The van der Waals surface area contributed by atoms with E-state index in [-0.39, 0.29) is 29.4 Å². The number of benzene rings is 1. The van der Waals surface area contributed by atoms with E-state index in [1.165, 1.54) is 17.2 Å². The van der Waals surface area contributed by atoms with E-state index in [1.54, 1.807) is 30.3 Å². The Morgan fingerprint density at radius 2 is 1.81 bits per heavy atom. The molecule has 2 aromatic rings. The van der Waals surface area contributed by atoms with Crippen LogP contribution in [0.5, 0.6) is 5.75 Å². The van der Waals surface area contributed by atoms with Crippen LogP contribution in [-0.4, -0.2) is 17.8 Å². The fraction of sp³-hybridized carbons (Fsp3) is 0.350. The van der Waals surface area contributed by atoms with E-state index in [0.29, 0.717) is 17.4 Å². The van der Waals surface area contributed by atoms with Gasteiger partial charge in [-0.1, -0.05) is 6.92 Å². The molecule has 1 saturated heterocycles. The normalized spacial score (nSPS) is 25.3. The summed E-state index contributed by atoms with van der Waals surface area (Å²) in [6, 6.07) is 9.51. The van der Waals surface area contributed by atoms with Crippen LogP contribution in [0.25, 0.3) is 0 Å². The fourth-order valence-electron chi connectivity index (χ4n) is 3.86. The molecule has 1 aromatic heterocycles. The summed E-state index contributed by atoms with van der Waals surface area (Å²) in [7, 11) is 0. The van der Waals surface area contributed by atoms with Crippen LogP contribution in [-0.2, 0) is 9.59 Å². The van der Waals surface area contributed by atoms with Crippen LogP contribution in [0.4, 0.5) is 5.69 Å². The lowest BCUT2D eigenvalue weighted by atomic mass is 9.76. The molecule has 1 aromatic carbocycles. The largest absolute Gasteiger partial charge is 0.457 e. The predicted molar refractivity (Wildman–Crippen MR) is 92.6 cm³/mol. The van der Waals surface area contributed by atoms with Crippen LogP contribution in [0, 0.1) is 17.8 Å². The van der Waals surface area contributed by atoms with Crippen molar-refractivity contribution in [2.75, 3.05) is 4.90 Å². The van der Waals surface area contributed by atoms with Crippen molar-refractivity contribution in [2.24, 2.45) is 17.8 Å². The fourth-order valence-corrected chi connectivity index (χ4v) is 3.86. The van der Waals surface area contributed by atoms with E-state index in [2.05, 4.69) is 6.92 Å². The van der Waals surface area contributed by atoms with Gasteiger partial charge in [0.1, 0.15) is 5.75 Å². The molecular formula is C20H19NO5. The first-order valence-corrected chi connectivity index (χ1v) is 8.78. The molecule has 26 heavy (non-hydrogen) atoms. The summed E-state index contributed by atoms with van der Waals surface area (Å²) in [4.78, 5) is 38.6. The summed E-state index contributed by atoms with van der Waals surface area (Å²) in [5, 5.41) is 0. The number of carbonyl (C=O) groups excluding carboxylic acids is 3. The quantitative estimate of drug-likeness (QED) is 0.480. The molecule has 2 aliphatic rings. The van der Waals surface area contributed by atoms with E-state index in [1.807, 2.05) is 0 Å². The van der Waals surface area contributed by atoms with E-state index in [0.717, 1.165) is 19.3 Å². The van der Waals surface area contributed by atoms with Crippen LogP contribution < -0.4 is 9.64 Å². The average Bonchev–Trinajstić information content (AvgIpc) is 3.24. The van der Waals surface area contributed by atoms with Crippen molar-refractivity contribution in [3.63, 3.8) is 0 Å². The topological polar surface area (TPSA) is 76.8 Å². The van der Waals surface area contributed by atoms with Crippen LogP contribution in [0.3, 0.4) is 0 Å². The zero-order chi connectivity index (χ0) is 18.3. The smallest absolute Gasteiger partial charge is 0.379 e. The highest BCUT2D eigenvalue weighted by molar-refractivity contribution is 6.22. The Labute approximate surface area is 150 Å². The van der Waals surface area contributed by atoms with Gasteiger partial charge >= 0.3 is 5.97 Å². The van der Waals surface area contributed by atoms with Crippen molar-refractivity contribution in [2.45, 2.75) is 26.2 Å². The Bertz CT molecular complexity index is 840. The molecule has 134 valence electrons. The number of carbonyl (C=O) groups is 3. The Kier molecular flexibility index (Phi) is 4.11. The molecule has 0 unspecified atom stereocenters. The maximum Gasteiger partial charge on any atom is 0.379 e. The molecule has 3 atom stereocenters. The summed E-state index contributed by atoms with van der Waals surface area (Å²) >= 11 is 0. The van der Waals surface area contributed by atoms with Crippen molar-refractivity contribution < 1.29 is 23.5 Å². The van der Waals surface area contributed by atoms with Gasteiger partial charge in [-0.15, -0.1) is 0 Å². The first-order valence-electron chi connectivity index (χ1n) is 8.78. The first-order chi connectivity index (χ1) is 12.5. The number of fused-ring (bicyclic) bond motifs is 1. The maximum absolute atomic E-state index is 12.7. The van der Waals surface area contributed by atoms with E-state index in [9.17, 15) is 14.4 Å². The molecule has 2 heterocycles. The average molecular weight is 353 g/mol. The number of anilines is 1. The van der Waals surface area contributed by atoms with Gasteiger partial charge in [-0.25, -0.2) is 4.79 Å². The molecule has 4 rings (SSSR count). The standard InChI is InChI=1S/C20H19NO5/c1-12-4-9-15-16(11-12)19(23)21(18(15)22)13-5-7-14(8-6-13)26-20(24)17-3-2-10-25-17/h2-3,5-8,10,12,15-16H,4,9,11H2,1H3/t12-,15+,16+/m0/s1. The molecule has 0 spiro atoms. The highest BCUT2D eigenvalue weighted by Gasteiger charge is 2.49. The van der Waals surface area contributed by atoms with E-state index < -0.39 is 5.97 Å². The molecule has 6 nitrogen and oxygen atoms in total. The second-order valence-corrected chi connectivity index (χ2v) is 7.00. The minimum atomic E-state index is -0.601. The van der Waals surface area contributed by atoms with Crippen molar-refractivity contribution in [3.05, 3.63) is 48.4 Å². The van der Waals surface area contributed by atoms with E-state index in [4.69, 9.17) is 9.15 Å². The van der Waals surface area contributed by atoms with Crippen LogP contribution in [0.2, 0.25) is 0 Å². The number of rotatable bonds is 3. The van der Waals surface area contributed by atoms with Gasteiger partial charge in [0.2, 0.25) is 17.6 Å². The summed E-state index contributed by atoms with van der Waals surface area (Å²) in [5.41, 5.74) is 0.514.